The van der Waals surface area contributed by atoms with Crippen molar-refractivity contribution in [2.45, 2.75) is 43.9 Å². The molecule has 0 unspecified atom stereocenters. The molecule has 0 radical (unpaired) electrons. The van der Waals surface area contributed by atoms with E-state index < -0.39 is 10.0 Å². The molecule has 2 aliphatic carbocycles. The van der Waals surface area contributed by atoms with E-state index in [1.165, 1.54) is 30.4 Å². The van der Waals surface area contributed by atoms with Gasteiger partial charge in [0.1, 0.15) is 4.90 Å². The van der Waals surface area contributed by atoms with Crippen LogP contribution in [-0.4, -0.2) is 13.4 Å². The number of aromatic nitrogens is 1. The second kappa shape index (κ2) is 5.78. The van der Waals surface area contributed by atoms with Gasteiger partial charge in [-0.15, -0.1) is 0 Å². The summed E-state index contributed by atoms with van der Waals surface area (Å²) in [5.41, 5.74) is 5.46. The number of nitrogens with zero attached hydrogens (tertiary/aromatic N) is 1. The zero-order valence-corrected chi connectivity index (χ0v) is 15.1. The maximum absolute atomic E-state index is 12.1. The molecular formula is C20H22N2O2S. The Labute approximate surface area is 148 Å². The van der Waals surface area contributed by atoms with E-state index in [1.54, 1.807) is 18.3 Å². The minimum absolute atomic E-state index is 0.131. The third-order valence-electron chi connectivity index (χ3n) is 5.65. The van der Waals surface area contributed by atoms with Gasteiger partial charge in [0.25, 0.3) is 0 Å². The van der Waals surface area contributed by atoms with Crippen LogP contribution in [0.4, 0.5) is 0 Å². The van der Waals surface area contributed by atoms with E-state index in [1.807, 2.05) is 0 Å². The Hall–Kier alpha value is -1.98. The average molecular weight is 354 g/mol. The van der Waals surface area contributed by atoms with Crippen LogP contribution < -0.4 is 5.14 Å². The van der Waals surface area contributed by atoms with Gasteiger partial charge in [-0.2, -0.15) is 0 Å². The molecule has 0 atom stereocenters. The summed E-state index contributed by atoms with van der Waals surface area (Å²) in [6.07, 6.45) is 7.17. The summed E-state index contributed by atoms with van der Waals surface area (Å²) in [5, 5.41) is 5.45. The van der Waals surface area contributed by atoms with Gasteiger partial charge < -0.3 is 0 Å². The first-order valence-corrected chi connectivity index (χ1v) is 10.2. The van der Waals surface area contributed by atoms with Gasteiger partial charge in [-0.25, -0.2) is 13.6 Å². The molecule has 0 bridgehead atoms. The van der Waals surface area contributed by atoms with Gasteiger partial charge in [0.15, 0.2) is 0 Å². The first kappa shape index (κ1) is 16.5. The smallest absolute Gasteiger partial charge is 0.240 e. The maximum atomic E-state index is 12.1. The minimum atomic E-state index is -3.81. The largest absolute Gasteiger partial charge is 0.255 e. The molecule has 0 amide bonds. The highest BCUT2D eigenvalue weighted by Crippen LogP contribution is 2.59. The number of hydrogen-bond acceptors (Lipinski definition) is 3. The van der Waals surface area contributed by atoms with E-state index in [-0.39, 0.29) is 10.3 Å². The Kier molecular flexibility index (Phi) is 3.81. The number of benzene rings is 1. The lowest BCUT2D eigenvalue weighted by molar-refractivity contribution is 0.157. The Morgan fingerprint density at radius 3 is 2.32 bits per heavy atom. The van der Waals surface area contributed by atoms with Crippen LogP contribution in [0.5, 0.6) is 0 Å². The second-order valence-electron chi connectivity index (χ2n) is 7.43. The summed E-state index contributed by atoms with van der Waals surface area (Å²) in [5.74, 6) is 0. The lowest BCUT2D eigenvalue weighted by Crippen LogP contribution is -2.26. The van der Waals surface area contributed by atoms with Crippen molar-refractivity contribution in [3.8, 4) is 0 Å². The molecular weight excluding hydrogens is 332 g/mol. The lowest BCUT2D eigenvalue weighted by atomic mass is 9.66. The van der Waals surface area contributed by atoms with Gasteiger partial charge in [0.2, 0.25) is 10.0 Å². The van der Waals surface area contributed by atoms with E-state index >= 15 is 0 Å². The van der Waals surface area contributed by atoms with Gasteiger partial charge >= 0.3 is 0 Å². The summed E-state index contributed by atoms with van der Waals surface area (Å²) in [6.45, 7) is 2.07. The summed E-state index contributed by atoms with van der Waals surface area (Å²) >= 11 is 0. The molecule has 1 aromatic heterocycles. The number of aryl methyl sites for hydroxylation is 1. The fourth-order valence-electron chi connectivity index (χ4n) is 4.16. The standard InChI is InChI=1S/C20H22N2O2S/c1-14-5-7-15(8-6-14)16-12-20(9-3-10-20)13-17(16)19-18(25(21,23)24)4-2-11-22-19/h2,4-8,11H,3,9-10,12-13H2,1H3,(H2,21,23,24). The predicted octanol–water partition coefficient (Wildman–Crippen LogP) is 3.91. The van der Waals surface area contributed by atoms with Crippen LogP contribution in [0.3, 0.4) is 0 Å². The van der Waals surface area contributed by atoms with Crippen LogP contribution in [0, 0.1) is 12.3 Å². The van der Waals surface area contributed by atoms with Crippen molar-refractivity contribution in [3.05, 3.63) is 59.4 Å². The number of allylic oxidation sites excluding steroid dienone is 2. The van der Waals surface area contributed by atoms with Crippen molar-refractivity contribution in [3.63, 3.8) is 0 Å². The van der Waals surface area contributed by atoms with Crippen LogP contribution in [0.1, 0.15) is 48.9 Å². The van der Waals surface area contributed by atoms with Crippen molar-refractivity contribution in [1.82, 2.24) is 4.98 Å². The first-order chi connectivity index (χ1) is 11.9. The monoisotopic (exact) mass is 354 g/mol. The highest BCUT2D eigenvalue weighted by molar-refractivity contribution is 7.89. The molecule has 2 N–H and O–H groups in total. The highest BCUT2D eigenvalue weighted by Gasteiger charge is 2.44. The number of hydrogen-bond donors (Lipinski definition) is 1. The summed E-state index contributed by atoms with van der Waals surface area (Å²) < 4.78 is 24.1. The minimum Gasteiger partial charge on any atom is -0.255 e. The molecule has 2 aliphatic rings. The molecule has 25 heavy (non-hydrogen) atoms. The molecule has 4 nitrogen and oxygen atoms in total. The van der Waals surface area contributed by atoms with Crippen LogP contribution in [0.25, 0.3) is 11.1 Å². The van der Waals surface area contributed by atoms with Gasteiger partial charge in [0.05, 0.1) is 5.69 Å². The predicted molar refractivity (Wildman–Crippen MR) is 99.1 cm³/mol. The number of rotatable bonds is 3. The summed E-state index contributed by atoms with van der Waals surface area (Å²) in [7, 11) is -3.81. The summed E-state index contributed by atoms with van der Waals surface area (Å²) in [4.78, 5) is 4.56. The van der Waals surface area contributed by atoms with Crippen LogP contribution in [0.15, 0.2) is 47.5 Å². The molecule has 0 saturated heterocycles. The SMILES string of the molecule is Cc1ccc(C2=C(c3ncccc3S(N)(=O)=O)CC3(CCC3)C2)cc1. The van der Waals surface area contributed by atoms with Gasteiger partial charge in [-0.3, -0.25) is 4.98 Å². The molecule has 1 saturated carbocycles. The van der Waals surface area contributed by atoms with Crippen molar-refractivity contribution in [1.29, 1.82) is 0 Å². The van der Waals surface area contributed by atoms with Gasteiger partial charge in [-0.05, 0) is 66.9 Å². The Balaban J connectivity index is 1.90. The fraction of sp³-hybridized carbons (Fsp3) is 0.350. The van der Waals surface area contributed by atoms with Gasteiger partial charge in [-0.1, -0.05) is 36.2 Å². The molecule has 0 aliphatic heterocycles. The third-order valence-corrected chi connectivity index (χ3v) is 6.59. The first-order valence-electron chi connectivity index (χ1n) is 8.65. The average Bonchev–Trinajstić information content (AvgIpc) is 2.96. The molecule has 1 heterocycles. The zero-order chi connectivity index (χ0) is 17.7. The van der Waals surface area contributed by atoms with Crippen molar-refractivity contribution in [2.75, 3.05) is 0 Å². The molecule has 1 spiro atoms. The molecule has 1 aromatic carbocycles. The Morgan fingerprint density at radius 2 is 1.72 bits per heavy atom. The summed E-state index contributed by atoms with van der Waals surface area (Å²) in [6, 6.07) is 11.6. The number of sulfonamides is 1. The van der Waals surface area contributed by atoms with E-state index in [4.69, 9.17) is 5.14 Å². The quantitative estimate of drug-likeness (QED) is 0.908. The van der Waals surface area contributed by atoms with Crippen LogP contribution in [-0.2, 0) is 10.0 Å². The molecule has 5 heteroatoms. The molecule has 2 aromatic rings. The van der Waals surface area contributed by atoms with E-state index in [2.05, 4.69) is 36.2 Å². The van der Waals surface area contributed by atoms with Crippen LogP contribution in [0.2, 0.25) is 0 Å². The fourth-order valence-corrected chi connectivity index (χ4v) is 4.87. The van der Waals surface area contributed by atoms with E-state index in [0.717, 1.165) is 24.0 Å². The third kappa shape index (κ3) is 2.92. The maximum Gasteiger partial charge on any atom is 0.240 e. The Bertz CT molecular complexity index is 955. The normalized spacial score (nSPS) is 19.3. The lowest BCUT2D eigenvalue weighted by Gasteiger charge is -2.39. The highest BCUT2D eigenvalue weighted by atomic mass is 32.2. The number of nitrogens with two attached hydrogens (primary N) is 1. The van der Waals surface area contributed by atoms with Crippen molar-refractivity contribution >= 4 is 21.2 Å². The Morgan fingerprint density at radius 1 is 1.04 bits per heavy atom. The van der Waals surface area contributed by atoms with E-state index in [9.17, 15) is 8.42 Å². The molecule has 1 fully saturated rings. The second-order valence-corrected chi connectivity index (χ2v) is 8.96. The van der Waals surface area contributed by atoms with E-state index in [0.29, 0.717) is 5.69 Å². The topological polar surface area (TPSA) is 73.0 Å². The number of pyridine rings is 1. The van der Waals surface area contributed by atoms with Crippen molar-refractivity contribution < 1.29 is 8.42 Å². The number of primary sulfonamides is 1. The van der Waals surface area contributed by atoms with Crippen LogP contribution >= 0.6 is 0 Å². The molecule has 4 rings (SSSR count). The zero-order valence-electron chi connectivity index (χ0n) is 14.3. The van der Waals surface area contributed by atoms with Crippen molar-refractivity contribution in [2.24, 2.45) is 10.6 Å². The molecule has 130 valence electrons. The van der Waals surface area contributed by atoms with Gasteiger partial charge in [0, 0.05) is 6.20 Å².